The van der Waals surface area contributed by atoms with E-state index in [0.717, 1.165) is 11.0 Å². The van der Waals surface area contributed by atoms with Crippen molar-refractivity contribution in [1.82, 2.24) is 10.2 Å². The number of carbonyl (C=O) groups excluding carboxylic acids is 1. The summed E-state index contributed by atoms with van der Waals surface area (Å²) in [6.07, 6.45) is -3.72. The molecule has 0 saturated carbocycles. The first kappa shape index (κ1) is 20.4. The molecule has 0 aliphatic carbocycles. The topological polar surface area (TPSA) is 41.6 Å². The van der Waals surface area contributed by atoms with Crippen LogP contribution in [-0.4, -0.2) is 41.5 Å². The lowest BCUT2D eigenvalue weighted by atomic mass is 9.87. The van der Waals surface area contributed by atoms with Gasteiger partial charge in [0, 0.05) is 16.6 Å². The SMILES string of the molecule is CC(C)(C)OC(=O)N1CC(S)NC(c2cc(Br)ccc2F)(C(F)F)C1. The number of nitrogens with one attached hydrogen (secondary N) is 1. The maximum absolute atomic E-state index is 14.3. The normalized spacial score (nSPS) is 24.5. The van der Waals surface area contributed by atoms with E-state index < -0.39 is 41.4 Å². The molecule has 2 rings (SSSR count). The highest BCUT2D eigenvalue weighted by atomic mass is 79.9. The Morgan fingerprint density at radius 2 is 2.12 bits per heavy atom. The number of thiol groups is 1. The van der Waals surface area contributed by atoms with Crippen molar-refractivity contribution >= 4 is 34.7 Å². The Morgan fingerprint density at radius 3 is 2.68 bits per heavy atom. The van der Waals surface area contributed by atoms with Crippen molar-refractivity contribution in [2.45, 2.75) is 43.7 Å². The molecule has 9 heteroatoms. The molecule has 0 spiro atoms. The zero-order chi connectivity index (χ0) is 19.0. The van der Waals surface area contributed by atoms with Gasteiger partial charge in [0.1, 0.15) is 17.0 Å². The zero-order valence-corrected chi connectivity index (χ0v) is 16.5. The number of alkyl halides is 2. The summed E-state index contributed by atoms with van der Waals surface area (Å²) in [5.74, 6) is -0.789. The van der Waals surface area contributed by atoms with Gasteiger partial charge in [-0.15, -0.1) is 0 Å². The van der Waals surface area contributed by atoms with E-state index in [1.807, 2.05) is 0 Å². The lowest BCUT2D eigenvalue weighted by molar-refractivity contribution is -0.0335. The van der Waals surface area contributed by atoms with Gasteiger partial charge in [0.25, 0.3) is 6.43 Å². The summed E-state index contributed by atoms with van der Waals surface area (Å²) in [6.45, 7) is 4.66. The second kappa shape index (κ2) is 7.36. The average Bonchev–Trinajstić information content (AvgIpc) is 2.47. The van der Waals surface area contributed by atoms with Crippen LogP contribution in [-0.2, 0) is 10.3 Å². The lowest BCUT2D eigenvalue weighted by Gasteiger charge is -2.46. The van der Waals surface area contributed by atoms with Gasteiger partial charge in [-0.2, -0.15) is 12.6 Å². The van der Waals surface area contributed by atoms with Crippen molar-refractivity contribution in [3.8, 4) is 0 Å². The van der Waals surface area contributed by atoms with E-state index in [4.69, 9.17) is 4.74 Å². The van der Waals surface area contributed by atoms with Gasteiger partial charge in [0.15, 0.2) is 0 Å². The molecule has 0 radical (unpaired) electrons. The van der Waals surface area contributed by atoms with Crippen LogP contribution in [0, 0.1) is 5.82 Å². The minimum atomic E-state index is -2.98. The van der Waals surface area contributed by atoms with Crippen LogP contribution in [0.15, 0.2) is 22.7 Å². The highest BCUT2D eigenvalue weighted by Gasteiger charge is 2.50. The van der Waals surface area contributed by atoms with Crippen molar-refractivity contribution in [2.24, 2.45) is 0 Å². The van der Waals surface area contributed by atoms with Crippen LogP contribution in [0.2, 0.25) is 0 Å². The summed E-state index contributed by atoms with van der Waals surface area (Å²) >= 11 is 7.39. The number of carbonyl (C=O) groups is 1. The molecule has 2 atom stereocenters. The van der Waals surface area contributed by atoms with E-state index in [0.29, 0.717) is 4.47 Å². The predicted octanol–water partition coefficient (Wildman–Crippen LogP) is 4.14. The molecule has 1 fully saturated rings. The number of piperazine rings is 1. The van der Waals surface area contributed by atoms with E-state index in [2.05, 4.69) is 33.9 Å². The Hall–Kier alpha value is -0.930. The number of hydrogen-bond acceptors (Lipinski definition) is 4. The van der Waals surface area contributed by atoms with Gasteiger partial charge in [-0.25, -0.2) is 18.0 Å². The fraction of sp³-hybridized carbons (Fsp3) is 0.562. The van der Waals surface area contributed by atoms with Crippen molar-refractivity contribution in [2.75, 3.05) is 13.1 Å². The summed E-state index contributed by atoms with van der Waals surface area (Å²) in [6, 6.07) is 3.81. The number of amides is 1. The molecule has 140 valence electrons. The van der Waals surface area contributed by atoms with Gasteiger partial charge in [0.05, 0.1) is 11.9 Å². The first-order chi connectivity index (χ1) is 11.4. The molecule has 0 bridgehead atoms. The maximum Gasteiger partial charge on any atom is 0.410 e. The van der Waals surface area contributed by atoms with Crippen molar-refractivity contribution in [1.29, 1.82) is 0 Å². The first-order valence-electron chi connectivity index (χ1n) is 7.62. The molecular weight excluding hydrogens is 421 g/mol. The number of ether oxygens (including phenoxy) is 1. The van der Waals surface area contributed by atoms with Crippen LogP contribution in [0.5, 0.6) is 0 Å². The Bertz CT molecular complexity index is 657. The molecular formula is C16H20BrF3N2O2S. The number of hydrogen-bond donors (Lipinski definition) is 2. The Kier molecular flexibility index (Phi) is 6.00. The summed E-state index contributed by atoms with van der Waals surface area (Å²) in [5.41, 5.74) is -3.10. The molecule has 1 heterocycles. The second-order valence-electron chi connectivity index (χ2n) is 6.92. The third kappa shape index (κ3) is 4.62. The largest absolute Gasteiger partial charge is 0.444 e. The van der Waals surface area contributed by atoms with Gasteiger partial charge >= 0.3 is 6.09 Å². The number of nitrogens with zero attached hydrogens (tertiary/aromatic N) is 1. The zero-order valence-electron chi connectivity index (χ0n) is 14.0. The monoisotopic (exact) mass is 440 g/mol. The maximum atomic E-state index is 14.3. The third-order valence-electron chi connectivity index (χ3n) is 3.69. The van der Waals surface area contributed by atoms with E-state index in [1.54, 1.807) is 20.8 Å². The summed E-state index contributed by atoms with van der Waals surface area (Å²) < 4.78 is 48.2. The van der Waals surface area contributed by atoms with Crippen molar-refractivity contribution < 1.29 is 22.7 Å². The van der Waals surface area contributed by atoms with Gasteiger partial charge in [-0.1, -0.05) is 15.9 Å². The molecule has 1 aromatic carbocycles. The number of halogens is 4. The van der Waals surface area contributed by atoms with Gasteiger partial charge in [-0.05, 0) is 39.0 Å². The summed E-state index contributed by atoms with van der Waals surface area (Å²) in [4.78, 5) is 13.5. The average molecular weight is 441 g/mol. The van der Waals surface area contributed by atoms with Crippen LogP contribution < -0.4 is 5.32 Å². The van der Waals surface area contributed by atoms with Crippen molar-refractivity contribution in [3.05, 3.63) is 34.1 Å². The minimum Gasteiger partial charge on any atom is -0.444 e. The fourth-order valence-corrected chi connectivity index (χ4v) is 3.47. The number of benzene rings is 1. The van der Waals surface area contributed by atoms with Crippen LogP contribution in [0.4, 0.5) is 18.0 Å². The van der Waals surface area contributed by atoms with E-state index >= 15 is 0 Å². The molecule has 0 aromatic heterocycles. The van der Waals surface area contributed by atoms with Crippen LogP contribution in [0.25, 0.3) is 0 Å². The Morgan fingerprint density at radius 1 is 1.48 bits per heavy atom. The molecule has 1 aromatic rings. The van der Waals surface area contributed by atoms with E-state index in [1.165, 1.54) is 12.1 Å². The van der Waals surface area contributed by atoms with Crippen molar-refractivity contribution in [3.63, 3.8) is 0 Å². The minimum absolute atomic E-state index is 0.0577. The van der Waals surface area contributed by atoms with Gasteiger partial charge < -0.3 is 9.64 Å². The van der Waals surface area contributed by atoms with Crippen LogP contribution in [0.3, 0.4) is 0 Å². The number of rotatable bonds is 2. The predicted molar refractivity (Wildman–Crippen MR) is 95.5 cm³/mol. The molecule has 1 N–H and O–H groups in total. The molecule has 2 unspecified atom stereocenters. The van der Waals surface area contributed by atoms with E-state index in [9.17, 15) is 18.0 Å². The highest BCUT2D eigenvalue weighted by molar-refractivity contribution is 9.10. The molecule has 1 amide bonds. The fourth-order valence-electron chi connectivity index (χ4n) is 2.68. The highest BCUT2D eigenvalue weighted by Crippen LogP contribution is 2.36. The van der Waals surface area contributed by atoms with Gasteiger partial charge in [0.2, 0.25) is 0 Å². The second-order valence-corrected chi connectivity index (χ2v) is 8.46. The summed E-state index contributed by atoms with van der Waals surface area (Å²) in [5, 5.41) is 1.90. The Labute approximate surface area is 158 Å². The van der Waals surface area contributed by atoms with E-state index in [-0.39, 0.29) is 12.1 Å². The molecule has 25 heavy (non-hydrogen) atoms. The molecule has 4 nitrogen and oxygen atoms in total. The lowest BCUT2D eigenvalue weighted by Crippen LogP contribution is -2.66. The standard InChI is InChI=1S/C16H20BrF3N2O2S/c1-15(2,3)24-14(23)22-7-12(25)21-16(8-22,13(19)20)10-6-9(17)4-5-11(10)18/h4-6,12-13,21,25H,7-8H2,1-3H3. The molecule has 1 aliphatic rings. The van der Waals surface area contributed by atoms with Crippen LogP contribution >= 0.6 is 28.6 Å². The third-order valence-corrected chi connectivity index (χ3v) is 4.48. The van der Waals surface area contributed by atoms with Gasteiger partial charge in [-0.3, -0.25) is 5.32 Å². The quantitative estimate of drug-likeness (QED) is 0.678. The molecule has 1 saturated heterocycles. The van der Waals surface area contributed by atoms with Crippen LogP contribution in [0.1, 0.15) is 26.3 Å². The first-order valence-corrected chi connectivity index (χ1v) is 8.93. The smallest absolute Gasteiger partial charge is 0.410 e. The molecule has 1 aliphatic heterocycles. The summed E-state index contributed by atoms with van der Waals surface area (Å²) in [7, 11) is 0. The Balaban J connectivity index is 2.43.